The first-order valence-corrected chi connectivity index (χ1v) is 29.7. The van der Waals surface area contributed by atoms with E-state index in [-0.39, 0.29) is 23.0 Å². The van der Waals surface area contributed by atoms with Gasteiger partial charge in [0.15, 0.2) is 0 Å². The Morgan fingerprint density at radius 3 is 1.60 bits per heavy atom. The monoisotopic (exact) mass is 1050 g/mol. The third-order valence-electron chi connectivity index (χ3n) is 19.7. The molecule has 0 aromatic heterocycles. The van der Waals surface area contributed by atoms with E-state index in [2.05, 4.69) is 288 Å². The van der Waals surface area contributed by atoms with Crippen molar-refractivity contribution in [3.8, 4) is 33.4 Å². The number of hydrogen-bond donors (Lipinski definition) is 0. The molecule has 3 heterocycles. The van der Waals surface area contributed by atoms with Crippen LogP contribution in [0.5, 0.6) is 0 Å². The van der Waals surface area contributed by atoms with Gasteiger partial charge < -0.3 is 14.7 Å². The van der Waals surface area contributed by atoms with Crippen molar-refractivity contribution in [2.75, 3.05) is 14.7 Å². The lowest BCUT2D eigenvalue weighted by molar-refractivity contribution is 0.245. The van der Waals surface area contributed by atoms with E-state index in [1.165, 1.54) is 135 Å². The zero-order valence-electron chi connectivity index (χ0n) is 48.2. The summed E-state index contributed by atoms with van der Waals surface area (Å²) in [6, 6.07) is 84.5. The highest BCUT2D eigenvalue weighted by Crippen LogP contribution is 2.65. The SMILES string of the molecule is CC(C)(C)c1ccc(N2c3cc4c(cc3B3c5cc(-c6ccccc6)ccc5N(c5ccc(-c6ccccc6)cc5)c5cc(N6c7ccc(C(C)(C)C)cc7C7(C)CCc8ccccc8C67C)cc2c53)CCC4)c(-c2ccccc2)c1. The lowest BCUT2D eigenvalue weighted by atomic mass is 9.33. The summed E-state index contributed by atoms with van der Waals surface area (Å²) < 4.78 is 0. The number of hydrogen-bond acceptors (Lipinski definition) is 3. The molecule has 4 heteroatoms. The van der Waals surface area contributed by atoms with E-state index >= 15 is 0 Å². The van der Waals surface area contributed by atoms with Crippen LogP contribution in [-0.2, 0) is 41.0 Å². The summed E-state index contributed by atoms with van der Waals surface area (Å²) in [5.41, 5.74) is 30.5. The van der Waals surface area contributed by atoms with Gasteiger partial charge in [-0.05, 0) is 188 Å². The highest BCUT2D eigenvalue weighted by Gasteiger charge is 2.60. The minimum atomic E-state index is -0.428. The van der Waals surface area contributed by atoms with Crippen LogP contribution >= 0.6 is 0 Å². The average Bonchev–Trinajstić information content (AvgIpc) is 2.71. The second kappa shape index (κ2) is 18.1. The van der Waals surface area contributed by atoms with Crippen molar-refractivity contribution >= 4 is 68.6 Å². The van der Waals surface area contributed by atoms with Gasteiger partial charge in [0.2, 0.25) is 0 Å². The van der Waals surface area contributed by atoms with Crippen LogP contribution in [0.2, 0.25) is 0 Å². The third kappa shape index (κ3) is 7.55. The zero-order chi connectivity index (χ0) is 55.2. The van der Waals surface area contributed by atoms with Gasteiger partial charge in [0.05, 0.1) is 11.2 Å². The van der Waals surface area contributed by atoms with Gasteiger partial charge in [-0.2, -0.15) is 0 Å². The van der Waals surface area contributed by atoms with Crippen LogP contribution in [0.25, 0.3) is 33.4 Å². The first-order chi connectivity index (χ1) is 39.2. The lowest BCUT2D eigenvalue weighted by Gasteiger charge is -2.52. The second-order valence-corrected chi connectivity index (χ2v) is 26.3. The molecule has 0 bridgehead atoms. The van der Waals surface area contributed by atoms with E-state index < -0.39 is 5.54 Å². The number of benzene rings is 10. The number of anilines is 8. The minimum absolute atomic E-state index is 0.00974. The highest BCUT2D eigenvalue weighted by molar-refractivity contribution is 7.00. The number of fused-ring (bicyclic) bond motifs is 10. The molecule has 0 amide bonds. The van der Waals surface area contributed by atoms with Crippen molar-refractivity contribution in [3.63, 3.8) is 0 Å². The molecule has 2 atom stereocenters. The van der Waals surface area contributed by atoms with E-state index in [1.54, 1.807) is 0 Å². The van der Waals surface area contributed by atoms with Gasteiger partial charge >= 0.3 is 0 Å². The van der Waals surface area contributed by atoms with Crippen LogP contribution in [0.3, 0.4) is 0 Å². The smallest absolute Gasteiger partial charge is 0.252 e. The molecule has 0 spiro atoms. The lowest BCUT2D eigenvalue weighted by Crippen LogP contribution is -2.61. The van der Waals surface area contributed by atoms with Gasteiger partial charge in [0.25, 0.3) is 6.71 Å². The van der Waals surface area contributed by atoms with Crippen molar-refractivity contribution in [2.45, 2.75) is 109 Å². The molecule has 2 unspecified atom stereocenters. The largest absolute Gasteiger partial charge is 0.330 e. The molecule has 10 aromatic carbocycles. The summed E-state index contributed by atoms with van der Waals surface area (Å²) in [4.78, 5) is 8.16. The molecule has 3 aliphatic heterocycles. The van der Waals surface area contributed by atoms with Crippen LogP contribution in [0.4, 0.5) is 45.5 Å². The Kier molecular flexibility index (Phi) is 11.1. The molecule has 5 aliphatic rings. The van der Waals surface area contributed by atoms with E-state index in [0.29, 0.717) is 0 Å². The number of aryl methyl sites for hydroxylation is 3. The van der Waals surface area contributed by atoms with Gasteiger partial charge in [-0.1, -0.05) is 212 Å². The molecule has 396 valence electrons. The maximum atomic E-state index is 2.81. The van der Waals surface area contributed by atoms with E-state index in [4.69, 9.17) is 0 Å². The minimum Gasteiger partial charge on any atom is -0.330 e. The fourth-order valence-electron chi connectivity index (χ4n) is 15.2. The molecule has 0 radical (unpaired) electrons. The van der Waals surface area contributed by atoms with Gasteiger partial charge in [0.1, 0.15) is 0 Å². The first kappa shape index (κ1) is 49.7. The van der Waals surface area contributed by atoms with Gasteiger partial charge in [-0.25, -0.2) is 0 Å². The summed E-state index contributed by atoms with van der Waals surface area (Å²) in [7, 11) is 0. The van der Waals surface area contributed by atoms with Crippen molar-refractivity contribution in [2.24, 2.45) is 0 Å². The normalized spacial score (nSPS) is 18.4. The molecular weight excluding hydrogens is 978 g/mol. The summed E-state index contributed by atoms with van der Waals surface area (Å²) in [5, 5.41) is 0. The molecule has 3 nitrogen and oxygen atoms in total. The molecule has 0 N–H and O–H groups in total. The molecule has 2 aliphatic carbocycles. The van der Waals surface area contributed by atoms with Crippen molar-refractivity contribution < 1.29 is 0 Å². The fraction of sp³-hybridized carbons (Fsp3) is 0.221. The standard InChI is InChI=1S/C77H70BN3/c1-74(2,3)58-34-39-67(62(46-58)53-25-16-11-17-26-53)80-70-45-56-29-20-28-55(56)43-66(70)78-65-44-57(51-23-14-10-15-24-51)33-38-69(65)79(60-36-31-52(32-37-60)50-21-12-9-13-22-50)71-48-61(49-72(80)73(71)78)81-68-40-35-59(75(4,5)6)47-64(68)76(7)42-41-54-27-18-19-30-63(54)77(76,81)8/h9-19,21-27,30-40,43-49H,20,28-29,41-42H2,1-8H3. The van der Waals surface area contributed by atoms with Gasteiger partial charge in [-0.3, -0.25) is 0 Å². The Morgan fingerprint density at radius 1 is 0.383 bits per heavy atom. The second-order valence-electron chi connectivity index (χ2n) is 26.3. The zero-order valence-corrected chi connectivity index (χ0v) is 48.2. The first-order valence-electron chi connectivity index (χ1n) is 29.7. The Labute approximate surface area is 480 Å². The molecular formula is C77H70BN3. The van der Waals surface area contributed by atoms with E-state index in [9.17, 15) is 0 Å². The molecule has 0 saturated carbocycles. The van der Waals surface area contributed by atoms with Gasteiger partial charge in [0, 0.05) is 50.8 Å². The fourth-order valence-corrected chi connectivity index (χ4v) is 15.2. The molecule has 0 saturated heterocycles. The Balaban J connectivity index is 1.08. The number of nitrogens with zero attached hydrogens (tertiary/aromatic N) is 3. The van der Waals surface area contributed by atoms with Crippen LogP contribution < -0.4 is 31.1 Å². The Morgan fingerprint density at radius 2 is 0.926 bits per heavy atom. The van der Waals surface area contributed by atoms with E-state index in [1.807, 2.05) is 0 Å². The molecule has 81 heavy (non-hydrogen) atoms. The Hall–Kier alpha value is -8.34. The average molecular weight is 1050 g/mol. The molecule has 15 rings (SSSR count). The van der Waals surface area contributed by atoms with Crippen LogP contribution in [0.15, 0.2) is 218 Å². The topological polar surface area (TPSA) is 9.72 Å². The van der Waals surface area contributed by atoms with Crippen LogP contribution in [-0.4, -0.2) is 6.71 Å². The van der Waals surface area contributed by atoms with Crippen molar-refractivity contribution in [1.82, 2.24) is 0 Å². The van der Waals surface area contributed by atoms with Crippen LogP contribution in [0, 0.1) is 0 Å². The summed E-state index contributed by atoms with van der Waals surface area (Å²) in [6.07, 6.45) is 5.46. The maximum Gasteiger partial charge on any atom is 0.252 e. The van der Waals surface area contributed by atoms with Crippen molar-refractivity contribution in [3.05, 3.63) is 257 Å². The summed E-state index contributed by atoms with van der Waals surface area (Å²) >= 11 is 0. The Bertz CT molecular complexity index is 4150. The predicted molar refractivity (Wildman–Crippen MR) is 344 cm³/mol. The summed E-state index contributed by atoms with van der Waals surface area (Å²) in [6.45, 7) is 19.2. The third-order valence-corrected chi connectivity index (χ3v) is 19.7. The molecule has 10 aromatic rings. The quantitative estimate of drug-likeness (QED) is 0.154. The van der Waals surface area contributed by atoms with Gasteiger partial charge in [-0.15, -0.1) is 0 Å². The molecule has 0 fully saturated rings. The van der Waals surface area contributed by atoms with Crippen molar-refractivity contribution in [1.29, 1.82) is 0 Å². The maximum absolute atomic E-state index is 2.81. The number of rotatable bonds is 6. The van der Waals surface area contributed by atoms with E-state index in [0.717, 1.165) is 31.4 Å². The highest BCUT2D eigenvalue weighted by atomic mass is 15.3. The van der Waals surface area contributed by atoms with Crippen LogP contribution in [0.1, 0.15) is 107 Å². The summed E-state index contributed by atoms with van der Waals surface area (Å²) in [5.74, 6) is 0. The predicted octanol–water partition coefficient (Wildman–Crippen LogP) is 18.1.